The zero-order valence-corrected chi connectivity index (χ0v) is 34.5. The molecule has 0 saturated carbocycles. The number of unbranched alkanes of at least 4 members (excludes halogenated alkanes) is 7. The van der Waals surface area contributed by atoms with Crippen molar-refractivity contribution in [2.24, 2.45) is 0 Å². The van der Waals surface area contributed by atoms with Crippen molar-refractivity contribution in [2.45, 2.75) is 148 Å². The van der Waals surface area contributed by atoms with E-state index >= 15 is 0 Å². The van der Waals surface area contributed by atoms with Gasteiger partial charge in [-0.2, -0.15) is 0 Å². The van der Waals surface area contributed by atoms with Crippen LogP contribution in [-0.2, 0) is 28.2 Å². The van der Waals surface area contributed by atoms with E-state index in [0.29, 0.717) is 32.1 Å². The molecule has 3 N–H and O–H groups in total. The molecular formula is C45H71O9P. The molecule has 0 aromatic heterocycles. The third-order valence-electron chi connectivity index (χ3n) is 7.87. The van der Waals surface area contributed by atoms with Gasteiger partial charge in [-0.3, -0.25) is 14.1 Å². The highest BCUT2D eigenvalue weighted by Gasteiger charge is 2.22. The number of allylic oxidation sites excluding steroid dienone is 16. The van der Waals surface area contributed by atoms with Gasteiger partial charge in [0.15, 0.2) is 6.10 Å². The third-order valence-corrected chi connectivity index (χ3v) is 8.35. The Kier molecular flexibility index (Phi) is 36.6. The summed E-state index contributed by atoms with van der Waals surface area (Å²) in [7, 11) is -4.81. The van der Waals surface area contributed by atoms with Gasteiger partial charge >= 0.3 is 19.8 Å². The summed E-state index contributed by atoms with van der Waals surface area (Å²) in [6.07, 6.45) is 51.4. The predicted octanol–water partition coefficient (Wildman–Crippen LogP) is 11.4. The van der Waals surface area contributed by atoms with Gasteiger partial charge in [0.25, 0.3) is 0 Å². The molecule has 0 bridgehead atoms. The normalized spacial score (nSPS) is 14.2. The highest BCUT2D eigenvalue weighted by molar-refractivity contribution is 7.46. The lowest BCUT2D eigenvalue weighted by Gasteiger charge is -2.18. The van der Waals surface area contributed by atoms with Crippen molar-refractivity contribution in [3.05, 3.63) is 109 Å². The monoisotopic (exact) mass is 786 g/mol. The number of carbonyl (C=O) groups is 2. The van der Waals surface area contributed by atoms with E-state index in [2.05, 4.69) is 67.0 Å². The number of phosphoric acid groups is 1. The molecule has 0 aromatic rings. The maximum atomic E-state index is 12.4. The summed E-state index contributed by atoms with van der Waals surface area (Å²) in [6.45, 7) is 3.37. The van der Waals surface area contributed by atoms with Crippen molar-refractivity contribution in [1.82, 2.24) is 0 Å². The van der Waals surface area contributed by atoms with Crippen LogP contribution in [0.15, 0.2) is 109 Å². The van der Waals surface area contributed by atoms with Crippen molar-refractivity contribution in [3.8, 4) is 0 Å². The highest BCUT2D eigenvalue weighted by Crippen LogP contribution is 2.35. The molecule has 9 nitrogen and oxygen atoms in total. The molecule has 1 unspecified atom stereocenters. The standard InChI is InChI=1S/C45H71O9P/c1-3-5-7-9-11-12-13-14-15-16-17-18-19-23-26-30-34-38-44(47)52-40-43(41-53-55(49,50)51)54-45(48)39-35-31-27-24-21-20-22-25-29-33-37-42(46)36-32-28-10-8-6-4-2/h6,8,14-15,17-18,20-21,23,25-29,31-33,37,42-43,46H,3-5,7,9-13,16,19,22,24,30,34-36,38-41H2,1-2H3,(H2,49,50,51)/b8-6-,15-14-,18-17-,21-20-,26-23-,29-25-,31-27-,32-28-,37-33+/t42?,43-/m1/s1. The first-order valence-electron chi connectivity index (χ1n) is 20.3. The molecule has 0 aliphatic rings. The second-order valence-electron chi connectivity index (χ2n) is 13.1. The van der Waals surface area contributed by atoms with E-state index in [1.807, 2.05) is 54.7 Å². The summed E-state index contributed by atoms with van der Waals surface area (Å²) >= 11 is 0. The van der Waals surface area contributed by atoms with Gasteiger partial charge in [-0.1, -0.05) is 155 Å². The first kappa shape index (κ1) is 51.7. The zero-order valence-electron chi connectivity index (χ0n) is 33.6. The van der Waals surface area contributed by atoms with Gasteiger partial charge in [0.2, 0.25) is 0 Å². The predicted molar refractivity (Wildman–Crippen MR) is 226 cm³/mol. The van der Waals surface area contributed by atoms with Crippen molar-refractivity contribution in [3.63, 3.8) is 0 Å². The molecule has 0 heterocycles. The van der Waals surface area contributed by atoms with Crippen LogP contribution in [-0.4, -0.2) is 52.3 Å². The van der Waals surface area contributed by atoms with Crippen LogP contribution in [0.4, 0.5) is 0 Å². The van der Waals surface area contributed by atoms with Crippen molar-refractivity contribution >= 4 is 19.8 Å². The minimum Gasteiger partial charge on any atom is -0.462 e. The van der Waals surface area contributed by atoms with E-state index < -0.39 is 38.6 Å². The SMILES string of the molecule is CC/C=C\C/C=C\CC(O)/C=C/C=C\C/C=C\C/C=C\CCC(=O)O[C@H](COC(=O)CCC/C=C\C/C=C\C/C=C\CCCCCCCC)COP(=O)(O)O. The van der Waals surface area contributed by atoms with Crippen molar-refractivity contribution < 1.29 is 43.0 Å². The average molecular weight is 787 g/mol. The molecule has 310 valence electrons. The van der Waals surface area contributed by atoms with Gasteiger partial charge in [-0.25, -0.2) is 4.57 Å². The smallest absolute Gasteiger partial charge is 0.462 e. The maximum Gasteiger partial charge on any atom is 0.469 e. The summed E-state index contributed by atoms with van der Waals surface area (Å²) in [5.41, 5.74) is 0. The molecule has 0 radical (unpaired) electrons. The Morgan fingerprint density at radius 3 is 1.76 bits per heavy atom. The van der Waals surface area contributed by atoms with Gasteiger partial charge in [0.1, 0.15) is 6.61 Å². The Labute approximate surface area is 332 Å². The molecular weight excluding hydrogens is 715 g/mol. The molecule has 0 spiro atoms. The Hall–Kier alpha value is -3.33. The van der Waals surface area contributed by atoms with Crippen LogP contribution in [0.5, 0.6) is 0 Å². The number of esters is 2. The molecule has 55 heavy (non-hydrogen) atoms. The summed E-state index contributed by atoms with van der Waals surface area (Å²) < 4.78 is 26.2. The summed E-state index contributed by atoms with van der Waals surface area (Å²) in [5.74, 6) is -1.09. The van der Waals surface area contributed by atoms with Crippen LogP contribution in [0.2, 0.25) is 0 Å². The van der Waals surface area contributed by atoms with Crippen LogP contribution >= 0.6 is 7.82 Å². The van der Waals surface area contributed by atoms with Crippen molar-refractivity contribution in [2.75, 3.05) is 13.2 Å². The zero-order chi connectivity index (χ0) is 40.5. The van der Waals surface area contributed by atoms with E-state index in [9.17, 15) is 19.3 Å². The topological polar surface area (TPSA) is 140 Å². The van der Waals surface area contributed by atoms with Crippen LogP contribution in [0.25, 0.3) is 0 Å². The Bertz CT molecular complexity index is 1270. The van der Waals surface area contributed by atoms with E-state index in [0.717, 1.165) is 38.5 Å². The first-order chi connectivity index (χ1) is 26.7. The summed E-state index contributed by atoms with van der Waals surface area (Å²) in [4.78, 5) is 42.7. The number of aliphatic hydroxyl groups is 1. The summed E-state index contributed by atoms with van der Waals surface area (Å²) in [5, 5.41) is 9.97. The molecule has 0 fully saturated rings. The van der Waals surface area contributed by atoms with E-state index in [1.165, 1.54) is 38.5 Å². The molecule has 0 aliphatic heterocycles. The number of carbonyl (C=O) groups excluding carboxylic acids is 2. The highest BCUT2D eigenvalue weighted by atomic mass is 31.2. The molecule has 0 rings (SSSR count). The fraction of sp³-hybridized carbons (Fsp3) is 0.556. The fourth-order valence-corrected chi connectivity index (χ4v) is 5.21. The van der Waals surface area contributed by atoms with Crippen LogP contribution in [0.1, 0.15) is 136 Å². The van der Waals surface area contributed by atoms with Crippen LogP contribution in [0, 0.1) is 0 Å². The van der Waals surface area contributed by atoms with Crippen molar-refractivity contribution in [1.29, 1.82) is 0 Å². The Morgan fingerprint density at radius 2 is 1.13 bits per heavy atom. The second kappa shape index (κ2) is 38.9. The number of rotatable bonds is 35. The van der Waals surface area contributed by atoms with Gasteiger partial charge in [-0.15, -0.1) is 0 Å². The summed E-state index contributed by atoms with van der Waals surface area (Å²) in [6, 6.07) is 0. The van der Waals surface area contributed by atoms with Gasteiger partial charge in [-0.05, 0) is 77.0 Å². The molecule has 0 amide bonds. The Morgan fingerprint density at radius 1 is 0.582 bits per heavy atom. The number of hydrogen-bond donors (Lipinski definition) is 3. The van der Waals surface area contributed by atoms with E-state index in [4.69, 9.17) is 19.3 Å². The van der Waals surface area contributed by atoms with Gasteiger partial charge in [0.05, 0.1) is 12.7 Å². The molecule has 10 heteroatoms. The first-order valence-corrected chi connectivity index (χ1v) is 21.8. The average Bonchev–Trinajstić information content (AvgIpc) is 3.15. The van der Waals surface area contributed by atoms with Gasteiger partial charge < -0.3 is 24.4 Å². The van der Waals surface area contributed by atoms with E-state index in [1.54, 1.807) is 6.08 Å². The minimum absolute atomic E-state index is 0.0463. The number of hydrogen-bond acceptors (Lipinski definition) is 7. The lowest BCUT2D eigenvalue weighted by Crippen LogP contribution is -2.29. The van der Waals surface area contributed by atoms with Crippen LogP contribution in [0.3, 0.4) is 0 Å². The third kappa shape index (κ3) is 41.7. The quantitative estimate of drug-likeness (QED) is 0.0188. The number of aliphatic hydroxyl groups excluding tert-OH is 1. The Balaban J connectivity index is 4.24. The largest absolute Gasteiger partial charge is 0.469 e. The molecule has 2 atom stereocenters. The molecule has 0 saturated heterocycles. The number of phosphoric ester groups is 1. The fourth-order valence-electron chi connectivity index (χ4n) is 4.85. The minimum atomic E-state index is -4.81. The molecule has 0 aliphatic carbocycles. The van der Waals surface area contributed by atoms with E-state index in [-0.39, 0.29) is 19.4 Å². The lowest BCUT2D eigenvalue weighted by molar-refractivity contribution is -0.161. The molecule has 0 aromatic carbocycles. The second-order valence-corrected chi connectivity index (χ2v) is 14.3. The lowest BCUT2D eigenvalue weighted by atomic mass is 10.1. The van der Waals surface area contributed by atoms with Gasteiger partial charge in [0, 0.05) is 12.8 Å². The maximum absolute atomic E-state index is 12.4. The number of ether oxygens (including phenoxy) is 2. The van der Waals surface area contributed by atoms with Crippen LogP contribution < -0.4 is 0 Å².